The molecule has 2 nitrogen and oxygen atoms in total. The van der Waals surface area contributed by atoms with Crippen molar-refractivity contribution in [3.63, 3.8) is 0 Å². The lowest BCUT2D eigenvalue weighted by molar-refractivity contribution is -0.120. The van der Waals surface area contributed by atoms with E-state index < -0.39 is 0 Å². The third kappa shape index (κ3) is 4.19. The first kappa shape index (κ1) is 15.3. The smallest absolute Gasteiger partial charge is 0.224 e. The van der Waals surface area contributed by atoms with Gasteiger partial charge in [-0.1, -0.05) is 36.4 Å². The molecular formula is C19H23NO. The summed E-state index contributed by atoms with van der Waals surface area (Å²) in [6, 6.07) is 12.5. The van der Waals surface area contributed by atoms with E-state index in [0.717, 1.165) is 11.1 Å². The zero-order valence-electron chi connectivity index (χ0n) is 13.3. The van der Waals surface area contributed by atoms with Crippen molar-refractivity contribution in [3.05, 3.63) is 69.8 Å². The number of carbonyl (C=O) groups excluding carboxylic acids is 1. The SMILES string of the molecule is Cc1ccc(CNC(=O)Cc2ccc(C)c(C)c2)cc1C. The normalized spacial score (nSPS) is 10.5. The van der Waals surface area contributed by atoms with Crippen LogP contribution in [0.3, 0.4) is 0 Å². The van der Waals surface area contributed by atoms with Gasteiger partial charge in [-0.2, -0.15) is 0 Å². The molecule has 0 radical (unpaired) electrons. The van der Waals surface area contributed by atoms with E-state index in [-0.39, 0.29) is 5.91 Å². The van der Waals surface area contributed by atoms with E-state index >= 15 is 0 Å². The van der Waals surface area contributed by atoms with Crippen LogP contribution >= 0.6 is 0 Å². The Balaban J connectivity index is 1.92. The van der Waals surface area contributed by atoms with Crippen LogP contribution in [0.25, 0.3) is 0 Å². The topological polar surface area (TPSA) is 29.1 Å². The molecule has 1 amide bonds. The Labute approximate surface area is 127 Å². The first-order chi connectivity index (χ1) is 9.95. The van der Waals surface area contributed by atoms with Gasteiger partial charge in [0.25, 0.3) is 0 Å². The molecule has 0 fully saturated rings. The van der Waals surface area contributed by atoms with Gasteiger partial charge in [0.2, 0.25) is 5.91 Å². The highest BCUT2D eigenvalue weighted by Crippen LogP contribution is 2.11. The van der Waals surface area contributed by atoms with Crippen LogP contribution in [0.15, 0.2) is 36.4 Å². The Kier molecular flexibility index (Phi) is 4.79. The third-order valence-corrected chi connectivity index (χ3v) is 4.00. The summed E-state index contributed by atoms with van der Waals surface area (Å²) < 4.78 is 0. The molecule has 0 saturated carbocycles. The van der Waals surface area contributed by atoms with Crippen molar-refractivity contribution in [1.29, 1.82) is 0 Å². The molecule has 110 valence electrons. The van der Waals surface area contributed by atoms with Gasteiger partial charge in [0.05, 0.1) is 6.42 Å². The van der Waals surface area contributed by atoms with Crippen molar-refractivity contribution in [2.24, 2.45) is 0 Å². The van der Waals surface area contributed by atoms with Gasteiger partial charge in [-0.3, -0.25) is 4.79 Å². The summed E-state index contributed by atoms with van der Waals surface area (Å²) in [5, 5.41) is 2.99. The number of hydrogen-bond donors (Lipinski definition) is 1. The number of amides is 1. The summed E-state index contributed by atoms with van der Waals surface area (Å²) in [5.41, 5.74) is 7.24. The molecule has 0 aliphatic heterocycles. The van der Waals surface area contributed by atoms with Crippen molar-refractivity contribution >= 4 is 5.91 Å². The molecule has 0 bridgehead atoms. The Morgan fingerprint density at radius 2 is 1.33 bits per heavy atom. The highest BCUT2D eigenvalue weighted by molar-refractivity contribution is 5.78. The fourth-order valence-electron chi connectivity index (χ4n) is 2.28. The molecular weight excluding hydrogens is 258 g/mol. The van der Waals surface area contributed by atoms with Crippen LogP contribution in [-0.4, -0.2) is 5.91 Å². The van der Waals surface area contributed by atoms with Crippen molar-refractivity contribution in [2.45, 2.75) is 40.7 Å². The standard InChI is InChI=1S/C19H23NO/c1-13-5-7-17(9-15(13)3)11-19(21)20-12-18-8-6-14(2)16(4)10-18/h5-10H,11-12H2,1-4H3,(H,20,21). The number of hydrogen-bond acceptors (Lipinski definition) is 1. The van der Waals surface area contributed by atoms with Crippen LogP contribution in [0.2, 0.25) is 0 Å². The maximum atomic E-state index is 12.0. The lowest BCUT2D eigenvalue weighted by atomic mass is 10.0. The van der Waals surface area contributed by atoms with E-state index in [1.165, 1.54) is 22.3 Å². The highest BCUT2D eigenvalue weighted by atomic mass is 16.1. The molecule has 0 heterocycles. The van der Waals surface area contributed by atoms with Gasteiger partial charge in [0.1, 0.15) is 0 Å². The Morgan fingerprint density at radius 3 is 1.90 bits per heavy atom. The second-order valence-corrected chi connectivity index (χ2v) is 5.79. The highest BCUT2D eigenvalue weighted by Gasteiger charge is 2.05. The van der Waals surface area contributed by atoms with Gasteiger partial charge < -0.3 is 5.32 Å². The van der Waals surface area contributed by atoms with Gasteiger partial charge in [0, 0.05) is 6.54 Å². The summed E-state index contributed by atoms with van der Waals surface area (Å²) >= 11 is 0. The first-order valence-corrected chi connectivity index (χ1v) is 7.34. The van der Waals surface area contributed by atoms with Crippen LogP contribution in [0.1, 0.15) is 33.4 Å². The van der Waals surface area contributed by atoms with Crippen LogP contribution in [0.5, 0.6) is 0 Å². The van der Waals surface area contributed by atoms with Gasteiger partial charge in [0.15, 0.2) is 0 Å². The van der Waals surface area contributed by atoms with E-state index in [1.54, 1.807) is 0 Å². The van der Waals surface area contributed by atoms with Gasteiger partial charge in [-0.15, -0.1) is 0 Å². The Hall–Kier alpha value is -2.09. The van der Waals surface area contributed by atoms with Crippen LogP contribution < -0.4 is 5.32 Å². The van der Waals surface area contributed by atoms with Crippen molar-refractivity contribution in [1.82, 2.24) is 5.32 Å². The molecule has 0 spiro atoms. The number of benzene rings is 2. The van der Waals surface area contributed by atoms with Crippen LogP contribution in [-0.2, 0) is 17.8 Å². The fraction of sp³-hybridized carbons (Fsp3) is 0.316. The maximum Gasteiger partial charge on any atom is 0.224 e. The summed E-state index contributed by atoms with van der Waals surface area (Å²) in [6.07, 6.45) is 0.436. The molecule has 0 saturated heterocycles. The number of carbonyl (C=O) groups is 1. The van der Waals surface area contributed by atoms with Gasteiger partial charge >= 0.3 is 0 Å². The van der Waals surface area contributed by atoms with Crippen molar-refractivity contribution < 1.29 is 4.79 Å². The van der Waals surface area contributed by atoms with E-state index in [0.29, 0.717) is 13.0 Å². The Bertz CT molecular complexity index is 659. The van der Waals surface area contributed by atoms with Crippen molar-refractivity contribution in [2.75, 3.05) is 0 Å². The van der Waals surface area contributed by atoms with Gasteiger partial charge in [-0.25, -0.2) is 0 Å². The zero-order valence-corrected chi connectivity index (χ0v) is 13.3. The molecule has 2 rings (SSSR count). The maximum absolute atomic E-state index is 12.0. The summed E-state index contributed by atoms with van der Waals surface area (Å²) in [4.78, 5) is 12.0. The number of rotatable bonds is 4. The minimum absolute atomic E-state index is 0.0662. The average molecular weight is 281 g/mol. The second kappa shape index (κ2) is 6.57. The predicted octanol–water partition coefficient (Wildman–Crippen LogP) is 3.78. The van der Waals surface area contributed by atoms with E-state index in [4.69, 9.17) is 0 Å². The fourth-order valence-corrected chi connectivity index (χ4v) is 2.28. The molecule has 2 heteroatoms. The lowest BCUT2D eigenvalue weighted by Gasteiger charge is -2.09. The minimum atomic E-state index is 0.0662. The monoisotopic (exact) mass is 281 g/mol. The zero-order chi connectivity index (χ0) is 15.4. The molecule has 0 aromatic heterocycles. The van der Waals surface area contributed by atoms with Gasteiger partial charge in [-0.05, 0) is 61.1 Å². The summed E-state index contributed by atoms with van der Waals surface area (Å²) in [5.74, 6) is 0.0662. The summed E-state index contributed by atoms with van der Waals surface area (Å²) in [7, 11) is 0. The van der Waals surface area contributed by atoms with E-state index in [9.17, 15) is 4.79 Å². The van der Waals surface area contributed by atoms with E-state index in [1.807, 2.05) is 6.07 Å². The molecule has 2 aromatic rings. The minimum Gasteiger partial charge on any atom is -0.352 e. The second-order valence-electron chi connectivity index (χ2n) is 5.79. The Morgan fingerprint density at radius 1 is 0.810 bits per heavy atom. The third-order valence-electron chi connectivity index (χ3n) is 4.00. The first-order valence-electron chi connectivity index (χ1n) is 7.34. The average Bonchev–Trinajstić information content (AvgIpc) is 2.44. The van der Waals surface area contributed by atoms with Crippen LogP contribution in [0, 0.1) is 27.7 Å². The molecule has 0 aliphatic carbocycles. The predicted molar refractivity (Wildman–Crippen MR) is 87.4 cm³/mol. The molecule has 21 heavy (non-hydrogen) atoms. The largest absolute Gasteiger partial charge is 0.352 e. The molecule has 0 aliphatic rings. The number of nitrogens with one attached hydrogen (secondary N) is 1. The summed E-state index contributed by atoms with van der Waals surface area (Å²) in [6.45, 7) is 8.93. The number of aryl methyl sites for hydroxylation is 4. The molecule has 0 unspecified atom stereocenters. The van der Waals surface area contributed by atoms with Crippen LogP contribution in [0.4, 0.5) is 0 Å². The van der Waals surface area contributed by atoms with Crippen molar-refractivity contribution in [3.8, 4) is 0 Å². The van der Waals surface area contributed by atoms with E-state index in [2.05, 4.69) is 63.3 Å². The lowest BCUT2D eigenvalue weighted by Crippen LogP contribution is -2.24. The molecule has 1 N–H and O–H groups in total. The molecule has 2 aromatic carbocycles. The quantitative estimate of drug-likeness (QED) is 0.908. The molecule has 0 atom stereocenters.